The standard InChI is InChI=1S/C6H8N2O/c9-7-6-8-4-2-1-3-5-8/h1-4,6,9H,5H2. The lowest BCUT2D eigenvalue weighted by Crippen LogP contribution is -2.16. The second-order valence-electron chi connectivity index (χ2n) is 1.70. The van der Waals surface area contributed by atoms with Crippen LogP contribution in [0.25, 0.3) is 0 Å². The van der Waals surface area contributed by atoms with Gasteiger partial charge in [0.25, 0.3) is 0 Å². The van der Waals surface area contributed by atoms with E-state index in [1.807, 2.05) is 24.4 Å². The molecule has 0 unspecified atom stereocenters. The SMILES string of the molecule is ON=CN1C=CC=CC1. The second-order valence-corrected chi connectivity index (χ2v) is 1.70. The summed E-state index contributed by atoms with van der Waals surface area (Å²) in [4.78, 5) is 1.76. The molecule has 0 bridgehead atoms. The van der Waals surface area contributed by atoms with Crippen LogP contribution in [0, 0.1) is 0 Å². The number of rotatable bonds is 1. The molecule has 0 amide bonds. The van der Waals surface area contributed by atoms with Gasteiger partial charge in [0.2, 0.25) is 0 Å². The van der Waals surface area contributed by atoms with Gasteiger partial charge in [-0.05, 0) is 6.08 Å². The summed E-state index contributed by atoms with van der Waals surface area (Å²) in [6, 6.07) is 0. The van der Waals surface area contributed by atoms with E-state index >= 15 is 0 Å². The summed E-state index contributed by atoms with van der Waals surface area (Å²) in [6.07, 6.45) is 8.99. The minimum absolute atomic E-state index is 0.778. The van der Waals surface area contributed by atoms with Gasteiger partial charge in [0, 0.05) is 12.7 Å². The predicted octanol–water partition coefficient (Wildman–Crippen LogP) is 0.789. The third-order valence-electron chi connectivity index (χ3n) is 1.04. The van der Waals surface area contributed by atoms with E-state index < -0.39 is 0 Å². The van der Waals surface area contributed by atoms with Crippen molar-refractivity contribution >= 4 is 6.34 Å². The van der Waals surface area contributed by atoms with Gasteiger partial charge in [0.15, 0.2) is 0 Å². The molecular formula is C6H8N2O. The summed E-state index contributed by atoms with van der Waals surface area (Å²) in [5.41, 5.74) is 0. The summed E-state index contributed by atoms with van der Waals surface area (Å²) >= 11 is 0. The van der Waals surface area contributed by atoms with Crippen molar-refractivity contribution < 1.29 is 5.21 Å². The quantitative estimate of drug-likeness (QED) is 0.243. The lowest BCUT2D eigenvalue weighted by molar-refractivity contribution is 0.314. The van der Waals surface area contributed by atoms with E-state index in [1.165, 1.54) is 6.34 Å². The number of oxime groups is 1. The molecule has 0 spiro atoms. The largest absolute Gasteiger partial charge is 0.410 e. The number of nitrogens with zero attached hydrogens (tertiary/aromatic N) is 2. The van der Waals surface area contributed by atoms with Gasteiger partial charge < -0.3 is 10.1 Å². The van der Waals surface area contributed by atoms with Crippen LogP contribution in [0.2, 0.25) is 0 Å². The van der Waals surface area contributed by atoms with Gasteiger partial charge in [-0.25, -0.2) is 0 Å². The zero-order valence-corrected chi connectivity index (χ0v) is 4.94. The Hall–Kier alpha value is -1.25. The highest BCUT2D eigenvalue weighted by Gasteiger charge is 1.92. The van der Waals surface area contributed by atoms with Gasteiger partial charge in [0.1, 0.15) is 6.34 Å². The molecule has 48 valence electrons. The molecule has 0 aromatic heterocycles. The topological polar surface area (TPSA) is 35.8 Å². The maximum Gasteiger partial charge on any atom is 0.135 e. The summed E-state index contributed by atoms with van der Waals surface area (Å²) in [7, 11) is 0. The van der Waals surface area contributed by atoms with Crippen LogP contribution in [0.1, 0.15) is 0 Å². The molecule has 1 rings (SSSR count). The van der Waals surface area contributed by atoms with Crippen LogP contribution in [0.3, 0.4) is 0 Å². The minimum Gasteiger partial charge on any atom is -0.410 e. The average molecular weight is 124 g/mol. The lowest BCUT2D eigenvalue weighted by Gasteiger charge is -2.11. The van der Waals surface area contributed by atoms with Crippen molar-refractivity contribution in [3.8, 4) is 0 Å². The fourth-order valence-electron chi connectivity index (χ4n) is 0.634. The fourth-order valence-corrected chi connectivity index (χ4v) is 0.634. The first-order valence-corrected chi connectivity index (χ1v) is 2.70. The smallest absolute Gasteiger partial charge is 0.135 e. The van der Waals surface area contributed by atoms with Gasteiger partial charge in [-0.3, -0.25) is 0 Å². The Morgan fingerprint density at radius 2 is 2.44 bits per heavy atom. The van der Waals surface area contributed by atoms with Crippen molar-refractivity contribution in [2.75, 3.05) is 6.54 Å². The van der Waals surface area contributed by atoms with Gasteiger partial charge in [0.05, 0.1) is 0 Å². The van der Waals surface area contributed by atoms with Crippen LogP contribution >= 0.6 is 0 Å². The first-order chi connectivity index (χ1) is 4.43. The molecule has 0 aliphatic carbocycles. The zero-order chi connectivity index (χ0) is 6.53. The van der Waals surface area contributed by atoms with Crippen LogP contribution in [-0.2, 0) is 0 Å². The first kappa shape index (κ1) is 5.88. The highest BCUT2D eigenvalue weighted by atomic mass is 16.4. The average Bonchev–Trinajstić information content (AvgIpc) is 1.91. The van der Waals surface area contributed by atoms with E-state index in [9.17, 15) is 0 Å². The maximum absolute atomic E-state index is 8.09. The van der Waals surface area contributed by atoms with Crippen LogP contribution in [-0.4, -0.2) is 23.0 Å². The van der Waals surface area contributed by atoms with Crippen molar-refractivity contribution in [2.24, 2.45) is 5.16 Å². The molecule has 1 aliphatic rings. The molecule has 3 heteroatoms. The highest BCUT2D eigenvalue weighted by molar-refractivity contribution is 5.56. The second kappa shape index (κ2) is 2.91. The Labute approximate surface area is 53.6 Å². The molecule has 0 fully saturated rings. The molecule has 0 saturated heterocycles. The van der Waals surface area contributed by atoms with Crippen LogP contribution < -0.4 is 0 Å². The van der Waals surface area contributed by atoms with E-state index in [-0.39, 0.29) is 0 Å². The maximum atomic E-state index is 8.09. The van der Waals surface area contributed by atoms with Crippen LogP contribution in [0.5, 0.6) is 0 Å². The highest BCUT2D eigenvalue weighted by Crippen LogP contribution is 1.93. The Morgan fingerprint density at radius 1 is 1.56 bits per heavy atom. The van der Waals surface area contributed by atoms with Crippen LogP contribution in [0.15, 0.2) is 29.6 Å². The number of allylic oxidation sites excluding steroid dienone is 2. The monoisotopic (exact) mass is 124 g/mol. The third kappa shape index (κ3) is 1.60. The molecule has 0 radical (unpaired) electrons. The predicted molar refractivity (Wildman–Crippen MR) is 35.3 cm³/mol. The van der Waals surface area contributed by atoms with E-state index in [4.69, 9.17) is 5.21 Å². The lowest BCUT2D eigenvalue weighted by atomic mass is 10.4. The van der Waals surface area contributed by atoms with Crippen molar-refractivity contribution in [1.82, 2.24) is 4.90 Å². The molecule has 0 aromatic carbocycles. The fraction of sp³-hybridized carbons (Fsp3) is 0.167. The van der Waals surface area contributed by atoms with Crippen LogP contribution in [0.4, 0.5) is 0 Å². The Morgan fingerprint density at radius 3 is 3.00 bits per heavy atom. The molecule has 1 heterocycles. The van der Waals surface area contributed by atoms with Gasteiger partial charge in [-0.2, -0.15) is 0 Å². The number of hydrogen-bond acceptors (Lipinski definition) is 2. The molecule has 0 atom stereocenters. The van der Waals surface area contributed by atoms with Gasteiger partial charge in [-0.15, -0.1) is 0 Å². The molecule has 1 N–H and O–H groups in total. The molecule has 0 aromatic rings. The number of hydrogen-bond donors (Lipinski definition) is 1. The molecule has 9 heavy (non-hydrogen) atoms. The van der Waals surface area contributed by atoms with Crippen molar-refractivity contribution in [3.05, 3.63) is 24.4 Å². The normalized spacial score (nSPS) is 17.6. The molecule has 3 nitrogen and oxygen atoms in total. The van der Waals surface area contributed by atoms with Crippen molar-refractivity contribution in [2.45, 2.75) is 0 Å². The van der Waals surface area contributed by atoms with Crippen molar-refractivity contribution in [1.29, 1.82) is 0 Å². The first-order valence-electron chi connectivity index (χ1n) is 2.70. The Kier molecular flexibility index (Phi) is 1.90. The van der Waals surface area contributed by atoms with Gasteiger partial charge in [-0.1, -0.05) is 17.3 Å². The zero-order valence-electron chi connectivity index (χ0n) is 4.94. The Balaban J connectivity index is 2.46. The summed E-state index contributed by atoms with van der Waals surface area (Å²) in [5, 5.41) is 11.0. The molecule has 0 saturated carbocycles. The third-order valence-corrected chi connectivity index (χ3v) is 1.04. The van der Waals surface area contributed by atoms with Gasteiger partial charge >= 0.3 is 0 Å². The molecular weight excluding hydrogens is 116 g/mol. The Bertz CT molecular complexity index is 160. The summed E-state index contributed by atoms with van der Waals surface area (Å²) < 4.78 is 0. The van der Waals surface area contributed by atoms with Crippen molar-refractivity contribution in [3.63, 3.8) is 0 Å². The van der Waals surface area contributed by atoms with E-state index in [1.54, 1.807) is 4.90 Å². The summed E-state index contributed by atoms with van der Waals surface area (Å²) in [5.74, 6) is 0. The van der Waals surface area contributed by atoms with E-state index in [2.05, 4.69) is 5.16 Å². The molecule has 1 aliphatic heterocycles. The minimum atomic E-state index is 0.778. The van der Waals surface area contributed by atoms with E-state index in [0.29, 0.717) is 0 Å². The summed E-state index contributed by atoms with van der Waals surface area (Å²) in [6.45, 7) is 0.778. The van der Waals surface area contributed by atoms with E-state index in [0.717, 1.165) is 6.54 Å².